The second-order valence-corrected chi connectivity index (χ2v) is 5.53. The normalized spacial score (nSPS) is 14.3. The van der Waals surface area contributed by atoms with E-state index in [9.17, 15) is 0 Å². The SMILES string of the molecule is N#Cc1nccn1-c1ccc(CNC2CC2)cc1Br. The highest BCUT2D eigenvalue weighted by Crippen LogP contribution is 2.24. The maximum absolute atomic E-state index is 9.01. The molecule has 5 heteroatoms. The second kappa shape index (κ2) is 5.16. The molecule has 1 fully saturated rings. The van der Waals surface area contributed by atoms with Crippen LogP contribution < -0.4 is 5.32 Å². The van der Waals surface area contributed by atoms with Crippen molar-refractivity contribution in [2.45, 2.75) is 25.4 Å². The van der Waals surface area contributed by atoms with Crippen LogP contribution in [0.2, 0.25) is 0 Å². The van der Waals surface area contributed by atoms with Gasteiger partial charge in [-0.2, -0.15) is 5.26 Å². The fourth-order valence-corrected chi connectivity index (χ4v) is 2.60. The van der Waals surface area contributed by atoms with Crippen molar-refractivity contribution in [2.75, 3.05) is 0 Å². The van der Waals surface area contributed by atoms with Crippen LogP contribution in [0, 0.1) is 11.3 Å². The fraction of sp³-hybridized carbons (Fsp3) is 0.286. The summed E-state index contributed by atoms with van der Waals surface area (Å²) in [4.78, 5) is 4.01. The van der Waals surface area contributed by atoms with Gasteiger partial charge in [-0.15, -0.1) is 0 Å². The lowest BCUT2D eigenvalue weighted by Gasteiger charge is -2.09. The number of nitriles is 1. The maximum Gasteiger partial charge on any atom is 0.217 e. The summed E-state index contributed by atoms with van der Waals surface area (Å²) in [6.45, 7) is 0.887. The van der Waals surface area contributed by atoms with Crippen molar-refractivity contribution in [1.29, 1.82) is 5.26 Å². The molecule has 1 aromatic carbocycles. The molecule has 1 saturated carbocycles. The van der Waals surface area contributed by atoms with Crippen LogP contribution in [0.25, 0.3) is 5.69 Å². The summed E-state index contributed by atoms with van der Waals surface area (Å²) in [5, 5.41) is 12.5. The van der Waals surface area contributed by atoms with Gasteiger partial charge in [-0.3, -0.25) is 4.57 Å². The molecule has 1 aliphatic rings. The summed E-state index contributed by atoms with van der Waals surface area (Å²) in [7, 11) is 0. The first-order chi connectivity index (χ1) is 9.28. The molecule has 1 N–H and O–H groups in total. The Balaban J connectivity index is 1.84. The maximum atomic E-state index is 9.01. The molecular weight excluding hydrogens is 304 g/mol. The van der Waals surface area contributed by atoms with Gasteiger partial charge in [0, 0.05) is 29.5 Å². The molecule has 0 saturated heterocycles. The summed E-state index contributed by atoms with van der Waals surface area (Å²) in [5.74, 6) is 0.393. The number of imidazole rings is 1. The van der Waals surface area contributed by atoms with Crippen LogP contribution in [0.1, 0.15) is 24.2 Å². The first-order valence-corrected chi connectivity index (χ1v) is 7.03. The van der Waals surface area contributed by atoms with Crippen LogP contribution in [-0.4, -0.2) is 15.6 Å². The van der Waals surface area contributed by atoms with Crippen LogP contribution in [0.15, 0.2) is 35.1 Å². The average molecular weight is 317 g/mol. The van der Waals surface area contributed by atoms with Gasteiger partial charge in [0.1, 0.15) is 6.07 Å². The minimum absolute atomic E-state index is 0.393. The summed E-state index contributed by atoms with van der Waals surface area (Å²) < 4.78 is 2.75. The molecule has 0 radical (unpaired) electrons. The molecule has 0 aliphatic heterocycles. The van der Waals surface area contributed by atoms with Gasteiger partial charge in [0.25, 0.3) is 0 Å². The molecular formula is C14H13BrN4. The highest BCUT2D eigenvalue weighted by molar-refractivity contribution is 9.10. The predicted molar refractivity (Wildman–Crippen MR) is 75.8 cm³/mol. The van der Waals surface area contributed by atoms with E-state index in [2.05, 4.69) is 44.4 Å². The Morgan fingerprint density at radius 1 is 1.47 bits per heavy atom. The molecule has 1 aliphatic carbocycles. The van der Waals surface area contributed by atoms with Gasteiger partial charge in [-0.25, -0.2) is 4.98 Å². The zero-order valence-electron chi connectivity index (χ0n) is 10.3. The average Bonchev–Trinajstić information content (AvgIpc) is 3.13. The third kappa shape index (κ3) is 2.70. The summed E-state index contributed by atoms with van der Waals surface area (Å²) in [6.07, 6.45) is 6.01. The van der Waals surface area contributed by atoms with Crippen LogP contribution >= 0.6 is 15.9 Å². The van der Waals surface area contributed by atoms with Gasteiger partial charge in [0.2, 0.25) is 5.82 Å². The van der Waals surface area contributed by atoms with E-state index in [0.29, 0.717) is 11.9 Å². The van der Waals surface area contributed by atoms with E-state index >= 15 is 0 Å². The number of rotatable bonds is 4. The standard InChI is InChI=1S/C14H13BrN4/c15-12-7-10(9-18-11-2-3-11)1-4-13(12)19-6-5-17-14(19)8-16/h1,4-7,11,18H,2-3,9H2. The number of nitrogens with zero attached hydrogens (tertiary/aromatic N) is 3. The van der Waals surface area contributed by atoms with E-state index in [1.807, 2.05) is 6.07 Å². The van der Waals surface area contributed by atoms with E-state index < -0.39 is 0 Å². The van der Waals surface area contributed by atoms with Crippen LogP contribution in [0.4, 0.5) is 0 Å². The van der Waals surface area contributed by atoms with E-state index in [4.69, 9.17) is 5.26 Å². The summed E-state index contributed by atoms with van der Waals surface area (Å²) >= 11 is 3.57. The molecule has 96 valence electrons. The highest BCUT2D eigenvalue weighted by Gasteiger charge is 2.20. The molecule has 3 rings (SSSR count). The van der Waals surface area contributed by atoms with Gasteiger partial charge in [-0.05, 0) is 46.5 Å². The van der Waals surface area contributed by atoms with E-state index in [-0.39, 0.29) is 0 Å². The van der Waals surface area contributed by atoms with Gasteiger partial charge in [-0.1, -0.05) is 6.07 Å². The molecule has 0 atom stereocenters. The van der Waals surface area contributed by atoms with Crippen molar-refractivity contribution in [2.24, 2.45) is 0 Å². The fourth-order valence-electron chi connectivity index (χ4n) is 1.99. The Morgan fingerprint density at radius 3 is 3.00 bits per heavy atom. The molecule has 0 bridgehead atoms. The Labute approximate surface area is 120 Å². The smallest absolute Gasteiger partial charge is 0.217 e. The first-order valence-electron chi connectivity index (χ1n) is 6.23. The summed E-state index contributed by atoms with van der Waals surface area (Å²) in [5.41, 5.74) is 2.17. The predicted octanol–water partition coefficient (Wildman–Crippen LogP) is 2.76. The Hall–Kier alpha value is -1.64. The lowest BCUT2D eigenvalue weighted by atomic mass is 10.2. The molecule has 0 spiro atoms. The van der Waals surface area contributed by atoms with Gasteiger partial charge in [0.15, 0.2) is 0 Å². The van der Waals surface area contributed by atoms with Crippen LogP contribution in [-0.2, 0) is 6.54 Å². The van der Waals surface area contributed by atoms with Crippen molar-refractivity contribution in [3.8, 4) is 11.8 Å². The second-order valence-electron chi connectivity index (χ2n) is 4.67. The van der Waals surface area contributed by atoms with E-state index in [1.54, 1.807) is 17.0 Å². The number of halogens is 1. The van der Waals surface area contributed by atoms with Crippen molar-refractivity contribution in [1.82, 2.24) is 14.9 Å². The number of hydrogen-bond donors (Lipinski definition) is 1. The Kier molecular flexibility index (Phi) is 3.36. The number of nitrogens with one attached hydrogen (secondary N) is 1. The highest BCUT2D eigenvalue weighted by atomic mass is 79.9. The van der Waals surface area contributed by atoms with E-state index in [0.717, 1.165) is 16.7 Å². The molecule has 19 heavy (non-hydrogen) atoms. The molecule has 4 nitrogen and oxygen atoms in total. The third-order valence-electron chi connectivity index (χ3n) is 3.18. The van der Waals surface area contributed by atoms with Crippen LogP contribution in [0.3, 0.4) is 0 Å². The van der Waals surface area contributed by atoms with Gasteiger partial charge in [0.05, 0.1) is 5.69 Å². The summed E-state index contributed by atoms with van der Waals surface area (Å²) in [6, 6.07) is 8.97. The van der Waals surface area contributed by atoms with E-state index in [1.165, 1.54) is 18.4 Å². The number of aromatic nitrogens is 2. The minimum atomic E-state index is 0.393. The zero-order chi connectivity index (χ0) is 13.2. The zero-order valence-corrected chi connectivity index (χ0v) is 11.9. The third-order valence-corrected chi connectivity index (χ3v) is 3.82. The molecule has 2 aromatic rings. The lowest BCUT2D eigenvalue weighted by molar-refractivity contribution is 0.687. The van der Waals surface area contributed by atoms with Gasteiger partial charge < -0.3 is 5.32 Å². The molecule has 1 aromatic heterocycles. The Morgan fingerprint density at radius 2 is 2.32 bits per heavy atom. The monoisotopic (exact) mass is 316 g/mol. The lowest BCUT2D eigenvalue weighted by Crippen LogP contribution is -2.15. The van der Waals surface area contributed by atoms with Crippen molar-refractivity contribution < 1.29 is 0 Å². The van der Waals surface area contributed by atoms with Crippen molar-refractivity contribution in [3.05, 3.63) is 46.5 Å². The first kappa shape index (κ1) is 12.4. The number of hydrogen-bond acceptors (Lipinski definition) is 3. The number of benzene rings is 1. The van der Waals surface area contributed by atoms with Crippen molar-refractivity contribution >= 4 is 15.9 Å². The quantitative estimate of drug-likeness (QED) is 0.943. The van der Waals surface area contributed by atoms with Crippen LogP contribution in [0.5, 0.6) is 0 Å². The minimum Gasteiger partial charge on any atom is -0.310 e. The molecule has 0 unspecified atom stereocenters. The van der Waals surface area contributed by atoms with Crippen molar-refractivity contribution in [3.63, 3.8) is 0 Å². The Bertz CT molecular complexity index is 637. The largest absolute Gasteiger partial charge is 0.310 e. The van der Waals surface area contributed by atoms with Gasteiger partial charge >= 0.3 is 0 Å². The molecule has 0 amide bonds. The molecule has 1 heterocycles. The topological polar surface area (TPSA) is 53.6 Å².